The number of halogens is 1. The van der Waals surface area contributed by atoms with Gasteiger partial charge in [0.05, 0.1) is 5.56 Å². The molecule has 3 rings (SSSR count). The van der Waals surface area contributed by atoms with E-state index < -0.39 is 0 Å². The molecule has 0 aliphatic heterocycles. The van der Waals surface area contributed by atoms with Crippen molar-refractivity contribution >= 4 is 28.5 Å². The van der Waals surface area contributed by atoms with Crippen molar-refractivity contribution in [2.45, 2.75) is 0 Å². The number of nitrogens with zero attached hydrogens (tertiary/aromatic N) is 1. The number of nitrogens with one attached hydrogen (secondary N) is 1. The number of hydrogen-bond acceptors (Lipinski definition) is 4. The van der Waals surface area contributed by atoms with E-state index in [9.17, 15) is 9.18 Å². The van der Waals surface area contributed by atoms with Crippen LogP contribution in [0.5, 0.6) is 0 Å². The van der Waals surface area contributed by atoms with E-state index in [1.807, 2.05) is 0 Å². The fraction of sp³-hybridized carbons (Fsp3) is 0. The Bertz CT molecular complexity index is 809. The largest absolute Gasteiger partial charge is 0.457 e. The molecule has 0 radical (unpaired) electrons. The zero-order chi connectivity index (χ0) is 15.4. The maximum atomic E-state index is 13.7. The second-order valence-electron chi connectivity index (χ2n) is 4.34. The van der Waals surface area contributed by atoms with Crippen LogP contribution in [-0.4, -0.2) is 10.9 Å². The predicted octanol–water partition coefficient (Wildman–Crippen LogP) is 4.19. The molecule has 0 spiro atoms. The van der Waals surface area contributed by atoms with Gasteiger partial charge in [0.1, 0.15) is 17.3 Å². The minimum atomic E-state index is -0.353. The summed E-state index contributed by atoms with van der Waals surface area (Å²) in [5.74, 6) is 0.221. The number of benzene rings is 1. The highest BCUT2D eigenvalue weighted by Gasteiger charge is 2.08. The number of rotatable bonds is 4. The van der Waals surface area contributed by atoms with Crippen molar-refractivity contribution < 1.29 is 13.6 Å². The third-order valence-corrected chi connectivity index (χ3v) is 3.52. The third-order valence-electron chi connectivity index (χ3n) is 2.83. The molecule has 0 bridgehead atoms. The van der Waals surface area contributed by atoms with E-state index in [1.165, 1.54) is 29.6 Å². The molecule has 0 fully saturated rings. The van der Waals surface area contributed by atoms with E-state index >= 15 is 0 Å². The Balaban J connectivity index is 1.70. The smallest absolute Gasteiger partial charge is 0.250 e. The van der Waals surface area contributed by atoms with Crippen LogP contribution in [-0.2, 0) is 4.79 Å². The van der Waals surface area contributed by atoms with E-state index in [0.29, 0.717) is 22.2 Å². The first-order chi connectivity index (χ1) is 10.7. The van der Waals surface area contributed by atoms with Crippen molar-refractivity contribution in [1.29, 1.82) is 0 Å². The number of carbonyl (C=O) groups excluding carboxylic acids is 1. The van der Waals surface area contributed by atoms with Crippen LogP contribution in [0.2, 0.25) is 0 Å². The fourth-order valence-corrected chi connectivity index (χ4v) is 2.37. The van der Waals surface area contributed by atoms with E-state index in [4.69, 9.17) is 4.42 Å². The minimum absolute atomic E-state index is 0.307. The lowest BCUT2D eigenvalue weighted by Crippen LogP contribution is -2.06. The lowest BCUT2D eigenvalue weighted by molar-refractivity contribution is -0.111. The Hall–Kier alpha value is -2.73. The van der Waals surface area contributed by atoms with Crippen molar-refractivity contribution in [3.05, 3.63) is 65.6 Å². The van der Waals surface area contributed by atoms with Gasteiger partial charge >= 0.3 is 0 Å². The van der Waals surface area contributed by atoms with Gasteiger partial charge in [-0.25, -0.2) is 9.37 Å². The Morgan fingerprint density at radius 1 is 1.27 bits per heavy atom. The molecule has 2 heterocycles. The molecule has 0 aliphatic carbocycles. The highest BCUT2D eigenvalue weighted by atomic mass is 32.1. The summed E-state index contributed by atoms with van der Waals surface area (Å²) in [6.45, 7) is 0. The van der Waals surface area contributed by atoms with Crippen LogP contribution >= 0.6 is 11.3 Å². The van der Waals surface area contributed by atoms with Gasteiger partial charge in [-0.15, -0.1) is 11.3 Å². The first kappa shape index (κ1) is 14.2. The molecule has 0 saturated carbocycles. The molecule has 4 nitrogen and oxygen atoms in total. The zero-order valence-electron chi connectivity index (χ0n) is 11.3. The fourth-order valence-electron chi connectivity index (χ4n) is 1.84. The summed E-state index contributed by atoms with van der Waals surface area (Å²) >= 11 is 1.33. The maximum absolute atomic E-state index is 13.7. The van der Waals surface area contributed by atoms with Crippen molar-refractivity contribution in [2.24, 2.45) is 0 Å². The van der Waals surface area contributed by atoms with E-state index in [1.54, 1.807) is 41.9 Å². The lowest BCUT2D eigenvalue weighted by Gasteiger charge is -1.97. The zero-order valence-corrected chi connectivity index (χ0v) is 12.1. The van der Waals surface area contributed by atoms with Gasteiger partial charge < -0.3 is 4.42 Å². The summed E-state index contributed by atoms with van der Waals surface area (Å²) in [4.78, 5) is 15.6. The maximum Gasteiger partial charge on any atom is 0.250 e. The second-order valence-corrected chi connectivity index (χ2v) is 5.24. The van der Waals surface area contributed by atoms with Crippen LogP contribution in [0.1, 0.15) is 5.76 Å². The molecule has 0 unspecified atom stereocenters. The molecule has 0 aliphatic rings. The van der Waals surface area contributed by atoms with Crippen LogP contribution in [0.25, 0.3) is 17.4 Å². The number of carbonyl (C=O) groups is 1. The van der Waals surface area contributed by atoms with E-state index in [-0.39, 0.29) is 11.7 Å². The van der Waals surface area contributed by atoms with Crippen molar-refractivity contribution in [2.75, 3.05) is 5.32 Å². The Kier molecular flexibility index (Phi) is 4.11. The second kappa shape index (κ2) is 6.36. The van der Waals surface area contributed by atoms with Gasteiger partial charge in [-0.05, 0) is 30.3 Å². The topological polar surface area (TPSA) is 55.1 Å². The van der Waals surface area contributed by atoms with Crippen molar-refractivity contribution in [3.8, 4) is 11.3 Å². The van der Waals surface area contributed by atoms with Crippen LogP contribution in [0.4, 0.5) is 9.52 Å². The van der Waals surface area contributed by atoms with Crippen LogP contribution in [0.15, 0.2) is 58.5 Å². The number of thiazole rings is 1. The van der Waals surface area contributed by atoms with E-state index in [2.05, 4.69) is 10.3 Å². The van der Waals surface area contributed by atoms with E-state index in [0.717, 1.165) is 0 Å². The number of furan rings is 1. The Morgan fingerprint density at radius 3 is 2.91 bits per heavy atom. The Morgan fingerprint density at radius 2 is 2.14 bits per heavy atom. The molecule has 1 amide bonds. The number of hydrogen-bond donors (Lipinski definition) is 1. The number of aromatic nitrogens is 1. The average molecular weight is 314 g/mol. The van der Waals surface area contributed by atoms with Gasteiger partial charge in [-0.3, -0.25) is 10.1 Å². The first-order valence-electron chi connectivity index (χ1n) is 6.46. The van der Waals surface area contributed by atoms with Crippen molar-refractivity contribution in [1.82, 2.24) is 4.98 Å². The highest BCUT2D eigenvalue weighted by molar-refractivity contribution is 7.13. The van der Waals surface area contributed by atoms with Gasteiger partial charge in [-0.2, -0.15) is 0 Å². The Labute approximate surface area is 129 Å². The monoisotopic (exact) mass is 314 g/mol. The van der Waals surface area contributed by atoms with Gasteiger partial charge in [0.15, 0.2) is 5.13 Å². The van der Waals surface area contributed by atoms with Crippen LogP contribution in [0.3, 0.4) is 0 Å². The third kappa shape index (κ3) is 3.29. The summed E-state index contributed by atoms with van der Waals surface area (Å²) in [7, 11) is 0. The molecule has 6 heteroatoms. The summed E-state index contributed by atoms with van der Waals surface area (Å²) in [6, 6.07) is 9.70. The molecular formula is C16H11FN2O2S. The predicted molar refractivity (Wildman–Crippen MR) is 83.9 cm³/mol. The first-order valence-corrected chi connectivity index (χ1v) is 7.33. The molecule has 0 atom stereocenters. The summed E-state index contributed by atoms with van der Waals surface area (Å²) in [5, 5.41) is 4.92. The number of anilines is 1. The molecule has 2 aromatic heterocycles. The summed E-state index contributed by atoms with van der Waals surface area (Å²) in [5.41, 5.74) is 0.384. The quantitative estimate of drug-likeness (QED) is 0.734. The molecule has 0 saturated heterocycles. The minimum Gasteiger partial charge on any atom is -0.457 e. The van der Waals surface area contributed by atoms with Gasteiger partial charge in [-0.1, -0.05) is 12.1 Å². The van der Waals surface area contributed by atoms with Gasteiger partial charge in [0.2, 0.25) is 5.91 Å². The molecule has 1 N–H and O–H groups in total. The number of amides is 1. The summed E-state index contributed by atoms with van der Waals surface area (Å²) < 4.78 is 19.2. The van der Waals surface area contributed by atoms with Gasteiger partial charge in [0.25, 0.3) is 0 Å². The standard InChI is InChI=1S/C16H11FN2O2S/c17-13-4-2-1-3-12(13)14-7-5-11(21-14)6-8-15(20)19-16-18-9-10-22-16/h1-10H,(H,18,19,20)/b8-6+. The van der Waals surface area contributed by atoms with Gasteiger partial charge in [0, 0.05) is 17.7 Å². The lowest BCUT2D eigenvalue weighted by atomic mass is 10.1. The molecule has 3 aromatic rings. The van der Waals surface area contributed by atoms with Crippen LogP contribution in [0, 0.1) is 5.82 Å². The molecular weight excluding hydrogens is 303 g/mol. The SMILES string of the molecule is O=C(/C=C/c1ccc(-c2ccccc2F)o1)Nc1nccs1. The highest BCUT2D eigenvalue weighted by Crippen LogP contribution is 2.25. The molecule has 110 valence electrons. The normalized spacial score (nSPS) is 11.0. The summed E-state index contributed by atoms with van der Waals surface area (Å²) in [6.07, 6.45) is 4.47. The van der Waals surface area contributed by atoms with Crippen LogP contribution < -0.4 is 5.32 Å². The van der Waals surface area contributed by atoms with Crippen molar-refractivity contribution in [3.63, 3.8) is 0 Å². The molecule has 22 heavy (non-hydrogen) atoms. The average Bonchev–Trinajstić information content (AvgIpc) is 3.17. The molecule has 1 aromatic carbocycles.